The Labute approximate surface area is 212 Å². The summed E-state index contributed by atoms with van der Waals surface area (Å²) in [5.41, 5.74) is 3.83. The van der Waals surface area contributed by atoms with E-state index < -0.39 is 17.8 Å². The number of allylic oxidation sites excluding steroid dienone is 2. The molecule has 35 heavy (non-hydrogen) atoms. The number of carbonyl (C=O) groups is 2. The molecule has 0 amide bonds. The zero-order valence-corrected chi connectivity index (χ0v) is 21.2. The smallest absolute Gasteiger partial charge is 0.315 e. The van der Waals surface area contributed by atoms with Crippen molar-refractivity contribution in [1.29, 1.82) is 0 Å². The summed E-state index contributed by atoms with van der Waals surface area (Å²) in [6.07, 6.45) is 0.994. The second kappa shape index (κ2) is 9.95. The Morgan fingerprint density at radius 3 is 2.60 bits per heavy atom. The van der Waals surface area contributed by atoms with E-state index in [0.29, 0.717) is 42.2 Å². The van der Waals surface area contributed by atoms with E-state index >= 15 is 0 Å². The van der Waals surface area contributed by atoms with Crippen LogP contribution >= 0.6 is 15.9 Å². The highest BCUT2D eigenvalue weighted by Crippen LogP contribution is 2.50. The molecule has 0 spiro atoms. The number of nitrogens with zero attached hydrogens (tertiary/aromatic N) is 1. The van der Waals surface area contributed by atoms with Crippen molar-refractivity contribution in [2.24, 2.45) is 10.9 Å². The molecule has 182 valence electrons. The average molecular weight is 540 g/mol. The number of aliphatic imine (C=N–C) groups is 1. The highest BCUT2D eigenvalue weighted by molar-refractivity contribution is 9.10. The molecule has 0 saturated heterocycles. The van der Waals surface area contributed by atoms with Gasteiger partial charge in [0, 0.05) is 40.9 Å². The van der Waals surface area contributed by atoms with Crippen LogP contribution in [0.3, 0.4) is 0 Å². The monoisotopic (exact) mass is 539 g/mol. The van der Waals surface area contributed by atoms with Crippen molar-refractivity contribution in [1.82, 2.24) is 0 Å². The number of ether oxygens (including phenoxy) is 4. The zero-order chi connectivity index (χ0) is 24.5. The third-order valence-electron chi connectivity index (χ3n) is 6.77. The van der Waals surface area contributed by atoms with Gasteiger partial charge in [0.05, 0.1) is 6.61 Å². The maximum absolute atomic E-state index is 13.7. The van der Waals surface area contributed by atoms with E-state index in [9.17, 15) is 9.59 Å². The van der Waals surface area contributed by atoms with Crippen molar-refractivity contribution in [3.63, 3.8) is 0 Å². The Bertz CT molecular complexity index is 1220. The van der Waals surface area contributed by atoms with E-state index in [2.05, 4.69) is 15.9 Å². The van der Waals surface area contributed by atoms with E-state index in [0.717, 1.165) is 21.3 Å². The molecule has 0 saturated carbocycles. The maximum atomic E-state index is 13.7. The van der Waals surface area contributed by atoms with E-state index in [1.54, 1.807) is 7.11 Å². The topological polar surface area (TPSA) is 83.4 Å². The molecule has 1 unspecified atom stereocenters. The molecule has 2 aliphatic heterocycles. The van der Waals surface area contributed by atoms with Gasteiger partial charge in [-0.1, -0.05) is 46.3 Å². The molecule has 0 N–H and O–H groups in total. The SMILES string of the molecule is COCCOC(=O)C1C(C)=NC2=C(C(=O)C[C@@H](c3ccccc3)C2)[C@H]1c1cc2c(cc1Br)OCO2. The van der Waals surface area contributed by atoms with E-state index in [4.69, 9.17) is 23.9 Å². The standard InChI is InChI=1S/C27H26BrNO6/c1-15-24(27(31)33-9-8-32-2)25(18-12-22-23(13-19(18)28)35-14-34-22)26-20(29-15)10-17(11-21(26)30)16-6-4-3-5-7-16/h3-7,12-13,17,24-25H,8-11,14H2,1-2H3/t17-,24?,25-/m0/s1. The van der Waals surface area contributed by atoms with Crippen LogP contribution < -0.4 is 9.47 Å². The Morgan fingerprint density at radius 1 is 1.11 bits per heavy atom. The first-order valence-electron chi connectivity index (χ1n) is 11.6. The highest BCUT2D eigenvalue weighted by atomic mass is 79.9. The highest BCUT2D eigenvalue weighted by Gasteiger charge is 2.45. The molecule has 0 aromatic heterocycles. The summed E-state index contributed by atoms with van der Waals surface area (Å²) >= 11 is 3.65. The van der Waals surface area contributed by atoms with E-state index in [1.165, 1.54) is 0 Å². The van der Waals surface area contributed by atoms with Gasteiger partial charge >= 0.3 is 5.97 Å². The molecule has 2 heterocycles. The minimum Gasteiger partial charge on any atom is -0.463 e. The fourth-order valence-corrected chi connectivity index (χ4v) is 5.72. The molecule has 3 aliphatic rings. The lowest BCUT2D eigenvalue weighted by atomic mass is 9.69. The van der Waals surface area contributed by atoms with Gasteiger partial charge in [-0.3, -0.25) is 14.6 Å². The number of carbonyl (C=O) groups excluding carboxylic acids is 2. The number of hydrogen-bond acceptors (Lipinski definition) is 7. The van der Waals surface area contributed by atoms with Crippen molar-refractivity contribution in [3.05, 3.63) is 69.3 Å². The Hall–Kier alpha value is -2.97. The molecular weight excluding hydrogens is 514 g/mol. The molecular formula is C27H26BrNO6. The summed E-state index contributed by atoms with van der Waals surface area (Å²) in [5.74, 6) is -0.463. The van der Waals surface area contributed by atoms with Gasteiger partial charge in [-0.15, -0.1) is 0 Å². The van der Waals surface area contributed by atoms with E-state index in [-0.39, 0.29) is 25.1 Å². The maximum Gasteiger partial charge on any atom is 0.315 e. The average Bonchev–Trinajstić information content (AvgIpc) is 3.30. The van der Waals surface area contributed by atoms with Crippen molar-refractivity contribution in [3.8, 4) is 11.5 Å². The van der Waals surface area contributed by atoms with Crippen LogP contribution in [-0.2, 0) is 19.1 Å². The molecule has 8 heteroatoms. The third-order valence-corrected chi connectivity index (χ3v) is 7.46. The number of esters is 1. The quantitative estimate of drug-likeness (QED) is 0.381. The van der Waals surface area contributed by atoms with Crippen LogP contribution in [0.4, 0.5) is 0 Å². The summed E-state index contributed by atoms with van der Waals surface area (Å²) in [5, 5.41) is 0. The first-order valence-corrected chi connectivity index (χ1v) is 12.4. The number of methoxy groups -OCH3 is 1. The molecule has 3 atom stereocenters. The second-order valence-electron chi connectivity index (χ2n) is 8.90. The van der Waals surface area contributed by atoms with E-state index in [1.807, 2.05) is 49.4 Å². The first kappa shape index (κ1) is 23.8. The van der Waals surface area contributed by atoms with Crippen molar-refractivity contribution >= 4 is 33.4 Å². The van der Waals surface area contributed by atoms with Gasteiger partial charge in [0.15, 0.2) is 17.3 Å². The van der Waals surface area contributed by atoms with Crippen LogP contribution in [0.25, 0.3) is 0 Å². The molecule has 2 aromatic rings. The van der Waals surface area contributed by atoms with Gasteiger partial charge in [-0.25, -0.2) is 0 Å². The normalized spacial score (nSPS) is 23.1. The van der Waals surface area contributed by atoms with Crippen LogP contribution in [-0.4, -0.2) is 44.6 Å². The Morgan fingerprint density at radius 2 is 1.86 bits per heavy atom. The minimum absolute atomic E-state index is 0.000566. The number of ketones is 1. The molecule has 5 rings (SSSR count). The summed E-state index contributed by atoms with van der Waals surface area (Å²) in [4.78, 5) is 31.8. The summed E-state index contributed by atoms with van der Waals surface area (Å²) in [7, 11) is 1.55. The predicted molar refractivity (Wildman–Crippen MR) is 133 cm³/mol. The van der Waals surface area contributed by atoms with Crippen LogP contribution in [0.1, 0.15) is 42.7 Å². The van der Waals surface area contributed by atoms with Gasteiger partial charge in [-0.05, 0) is 42.5 Å². The minimum atomic E-state index is -0.737. The van der Waals surface area contributed by atoms with Gasteiger partial charge in [0.25, 0.3) is 0 Å². The van der Waals surface area contributed by atoms with Crippen molar-refractivity contribution in [2.75, 3.05) is 27.1 Å². The first-order chi connectivity index (χ1) is 17.0. The number of fused-ring (bicyclic) bond motifs is 1. The number of benzene rings is 2. The summed E-state index contributed by atoms with van der Waals surface area (Å²) in [6, 6.07) is 13.7. The number of hydrogen-bond donors (Lipinski definition) is 0. The fourth-order valence-electron chi connectivity index (χ4n) is 5.15. The van der Waals surface area contributed by atoms with Crippen LogP contribution in [0, 0.1) is 5.92 Å². The van der Waals surface area contributed by atoms with Gasteiger partial charge < -0.3 is 18.9 Å². The number of rotatable bonds is 6. The lowest BCUT2D eigenvalue weighted by Crippen LogP contribution is -2.38. The summed E-state index contributed by atoms with van der Waals surface area (Å²) in [6.45, 7) is 2.38. The summed E-state index contributed by atoms with van der Waals surface area (Å²) < 4.78 is 22.4. The molecule has 0 bridgehead atoms. The number of halogens is 1. The molecule has 0 radical (unpaired) electrons. The van der Waals surface area contributed by atoms with Crippen LogP contribution in [0.15, 0.2) is 63.2 Å². The van der Waals surface area contributed by atoms with Gasteiger partial charge in [0.1, 0.15) is 12.5 Å². The fraction of sp³-hybridized carbons (Fsp3) is 0.370. The Kier molecular flexibility index (Phi) is 6.75. The van der Waals surface area contributed by atoms with Crippen LogP contribution in [0.5, 0.6) is 11.5 Å². The van der Waals surface area contributed by atoms with Crippen LogP contribution in [0.2, 0.25) is 0 Å². The van der Waals surface area contributed by atoms with Crippen molar-refractivity contribution in [2.45, 2.75) is 31.6 Å². The number of Topliss-reactive ketones (excluding diaryl/α,β-unsaturated/α-hetero) is 1. The molecule has 0 fully saturated rings. The van der Waals surface area contributed by atoms with Gasteiger partial charge in [-0.2, -0.15) is 0 Å². The molecule has 7 nitrogen and oxygen atoms in total. The van der Waals surface area contributed by atoms with Crippen molar-refractivity contribution < 1.29 is 28.5 Å². The largest absolute Gasteiger partial charge is 0.463 e. The second-order valence-corrected chi connectivity index (χ2v) is 9.75. The molecule has 1 aliphatic carbocycles. The lowest BCUT2D eigenvalue weighted by Gasteiger charge is -2.37. The lowest BCUT2D eigenvalue weighted by molar-refractivity contribution is -0.147. The zero-order valence-electron chi connectivity index (χ0n) is 19.6. The molecule has 2 aromatic carbocycles. The Balaban J connectivity index is 1.59. The third kappa shape index (κ3) is 4.52. The van der Waals surface area contributed by atoms with Gasteiger partial charge in [0.2, 0.25) is 6.79 Å². The predicted octanol–water partition coefficient (Wildman–Crippen LogP) is 4.94.